The number of piperazine rings is 1. The summed E-state index contributed by atoms with van der Waals surface area (Å²) in [4.78, 5) is 28.8. The van der Waals surface area contributed by atoms with E-state index in [1.165, 1.54) is 0 Å². The third-order valence-electron chi connectivity index (χ3n) is 4.97. The Labute approximate surface area is 279 Å². The third-order valence-corrected chi connectivity index (χ3v) is 4.97. The summed E-state index contributed by atoms with van der Waals surface area (Å²) in [5.74, 6) is -0.115. The molecule has 1 rings (SSSR count). The zero-order chi connectivity index (χ0) is 19.4. The van der Waals surface area contributed by atoms with Crippen molar-refractivity contribution in [2.45, 2.75) is 50.6 Å². The molecule has 1 heterocycles. The van der Waals surface area contributed by atoms with E-state index < -0.39 is 12.1 Å². The molecule has 0 spiro atoms. The second-order valence-electron chi connectivity index (χ2n) is 6.80. The van der Waals surface area contributed by atoms with Crippen molar-refractivity contribution in [3.8, 4) is 0 Å². The first-order valence-corrected chi connectivity index (χ1v) is 9.78. The van der Waals surface area contributed by atoms with Gasteiger partial charge in [0.15, 0.2) is 0 Å². The van der Waals surface area contributed by atoms with E-state index >= 15 is 0 Å². The molecule has 2 N–H and O–H groups in total. The number of carbonyl (C=O) groups excluding carboxylic acids is 2. The van der Waals surface area contributed by atoms with Crippen LogP contribution in [0.3, 0.4) is 0 Å². The molecule has 0 saturated carbocycles. The Morgan fingerprint density at radius 3 is 1.17 bits per heavy atom. The van der Waals surface area contributed by atoms with E-state index in [0.29, 0.717) is 12.8 Å². The molecule has 0 bridgehead atoms. The number of hydrogen-bond acceptors (Lipinski definition) is 4. The van der Waals surface area contributed by atoms with E-state index in [1.54, 1.807) is 0 Å². The fraction of sp³-hybridized carbons (Fsp3) is 0.700. The van der Waals surface area contributed by atoms with Gasteiger partial charge in [0.2, 0.25) is 11.8 Å². The van der Waals surface area contributed by atoms with Crippen LogP contribution in [0.2, 0.25) is 0 Å². The Morgan fingerprint density at radius 2 is 0.900 bits per heavy atom. The standard InChI is InChI=1S/C20H36N4O2.4U/c1-5-23(6-2)15-11-9-13-17-19(25)22-18(20(26)21-17)14-10-12-16-24(7-3)8-4;;;;/h17-18H,1-16H2,(H,21,26)(H,22,25);;;;/q-4;;;;/t17-,18-;;;;/m0..../s1. The van der Waals surface area contributed by atoms with Gasteiger partial charge in [0.25, 0.3) is 0 Å². The van der Waals surface area contributed by atoms with Gasteiger partial charge in [0.05, 0.1) is 0 Å². The monoisotopic (exact) mass is 1320 g/mol. The van der Waals surface area contributed by atoms with Gasteiger partial charge in [-0.2, -0.15) is 0 Å². The molecule has 6 nitrogen and oxygen atoms in total. The molecule has 1 fully saturated rings. The molecule has 168 valence electrons. The first-order valence-electron chi connectivity index (χ1n) is 9.78. The zero-order valence-electron chi connectivity index (χ0n) is 18.2. The molecular formula is C20H36N4O2U4-4. The van der Waals surface area contributed by atoms with E-state index in [1.807, 2.05) is 0 Å². The first kappa shape index (κ1) is 40.2. The normalized spacial score (nSPS) is 17.8. The quantitative estimate of drug-likeness (QED) is 0.204. The molecule has 0 radical (unpaired) electrons. The zero-order valence-corrected chi connectivity index (χ0v) is 34.8. The van der Waals surface area contributed by atoms with Crippen LogP contribution in [0.15, 0.2) is 0 Å². The van der Waals surface area contributed by atoms with Gasteiger partial charge >= 0.3 is 0 Å². The second kappa shape index (κ2) is 25.2. The molecule has 0 aromatic rings. The van der Waals surface area contributed by atoms with Gasteiger partial charge in [-0.15, -0.1) is 26.2 Å². The summed E-state index contributed by atoms with van der Waals surface area (Å²) in [5, 5.41) is 5.77. The Hall–Kier alpha value is 3.07. The summed E-state index contributed by atoms with van der Waals surface area (Å²) in [5.41, 5.74) is 0. The number of carbonyl (C=O) groups is 2. The molecule has 2 atom stereocenters. The van der Waals surface area contributed by atoms with Crippen molar-refractivity contribution in [1.82, 2.24) is 20.4 Å². The Balaban J connectivity index is -0.000000845. The summed E-state index contributed by atoms with van der Waals surface area (Å²) in [6, 6.07) is -0.806. The minimum atomic E-state index is -0.403. The summed E-state index contributed by atoms with van der Waals surface area (Å²) < 4.78 is 0. The van der Waals surface area contributed by atoms with Crippen LogP contribution in [0.25, 0.3) is 0 Å². The number of hydrogen-bond donors (Lipinski definition) is 2. The van der Waals surface area contributed by atoms with Gasteiger partial charge in [-0.3, -0.25) is 9.59 Å². The second-order valence-corrected chi connectivity index (χ2v) is 6.80. The number of nitrogens with one attached hydrogen (secondary N) is 2. The molecule has 30 heavy (non-hydrogen) atoms. The summed E-state index contributed by atoms with van der Waals surface area (Å²) >= 11 is 0. The van der Waals surface area contributed by atoms with Crippen LogP contribution < -0.4 is 10.6 Å². The van der Waals surface area contributed by atoms with E-state index in [4.69, 9.17) is 0 Å². The van der Waals surface area contributed by atoms with Gasteiger partial charge in [0, 0.05) is 124 Å². The van der Waals surface area contributed by atoms with Gasteiger partial charge < -0.3 is 48.1 Å². The van der Waals surface area contributed by atoms with Crippen molar-refractivity contribution < 1.29 is 134 Å². The van der Waals surface area contributed by atoms with Gasteiger partial charge in [-0.1, -0.05) is 0 Å². The van der Waals surface area contributed by atoms with Gasteiger partial charge in [-0.25, -0.2) is 0 Å². The van der Waals surface area contributed by atoms with Gasteiger partial charge in [-0.05, 0) is 51.6 Å². The van der Waals surface area contributed by atoms with Crippen molar-refractivity contribution in [2.24, 2.45) is 0 Å². The number of nitrogens with zero attached hydrogens (tertiary/aromatic N) is 2. The first-order chi connectivity index (χ1) is 12.5. The molecule has 0 unspecified atom stereocenters. The Morgan fingerprint density at radius 1 is 0.600 bits per heavy atom. The summed E-state index contributed by atoms with van der Waals surface area (Å²) in [7, 11) is 0. The molecule has 1 aliphatic heterocycles. The topological polar surface area (TPSA) is 64.7 Å². The molecule has 0 aliphatic carbocycles. The molecule has 10 heteroatoms. The van der Waals surface area contributed by atoms with E-state index in [-0.39, 0.29) is 136 Å². The number of amides is 2. The van der Waals surface area contributed by atoms with Crippen molar-refractivity contribution in [3.05, 3.63) is 27.7 Å². The van der Waals surface area contributed by atoms with E-state index in [9.17, 15) is 9.59 Å². The van der Waals surface area contributed by atoms with Crippen LogP contribution in [0.4, 0.5) is 0 Å². The van der Waals surface area contributed by atoms with Crippen molar-refractivity contribution in [2.75, 3.05) is 39.3 Å². The maximum atomic E-state index is 12.2. The van der Waals surface area contributed by atoms with Gasteiger partial charge in [0.1, 0.15) is 12.1 Å². The Bertz CT molecular complexity index is 388. The fourth-order valence-electron chi connectivity index (χ4n) is 3.12. The number of unbranched alkanes of at least 4 members (excludes halogenated alkanes) is 2. The smallest absolute Gasteiger partial charge is 0.243 e. The van der Waals surface area contributed by atoms with Crippen molar-refractivity contribution in [3.63, 3.8) is 0 Å². The van der Waals surface area contributed by atoms with Crippen LogP contribution in [-0.4, -0.2) is 73.0 Å². The molecule has 1 saturated heterocycles. The molecule has 0 aromatic carbocycles. The predicted molar refractivity (Wildman–Crippen MR) is 106 cm³/mol. The maximum Gasteiger partial charge on any atom is 0.243 e. The van der Waals surface area contributed by atoms with Crippen LogP contribution in [0, 0.1) is 152 Å². The molecule has 1 aliphatic rings. The van der Waals surface area contributed by atoms with Crippen molar-refractivity contribution >= 4 is 11.8 Å². The largest absolute Gasteiger partial charge is 0.363 e. The van der Waals surface area contributed by atoms with Crippen LogP contribution >= 0.6 is 0 Å². The van der Waals surface area contributed by atoms with E-state index in [0.717, 1.165) is 65.0 Å². The van der Waals surface area contributed by atoms with E-state index in [2.05, 4.69) is 48.1 Å². The average molecular weight is 1320 g/mol. The summed E-state index contributed by atoms with van der Waals surface area (Å²) in [6.45, 7) is 20.3. The summed E-state index contributed by atoms with van der Waals surface area (Å²) in [6.07, 6.45) is 5.09. The van der Waals surface area contributed by atoms with Crippen molar-refractivity contribution in [1.29, 1.82) is 0 Å². The average Bonchev–Trinajstić information content (AvgIpc) is 2.65. The fourth-order valence-corrected chi connectivity index (χ4v) is 3.12. The maximum absolute atomic E-state index is 12.2. The molecule has 0 aromatic heterocycles. The van der Waals surface area contributed by atoms with Crippen LogP contribution in [-0.2, 0) is 9.59 Å². The van der Waals surface area contributed by atoms with Crippen LogP contribution in [0.5, 0.6) is 0 Å². The van der Waals surface area contributed by atoms with Crippen LogP contribution in [0.1, 0.15) is 38.5 Å². The molecule has 2 amide bonds. The Kier molecular flexibility index (Phi) is 33.8. The molecular weight excluding hydrogens is 1280 g/mol. The SMILES string of the molecule is [CH2-]CN(C[CH2-])CCCC[C@@H]1NC(=O)[C@H](CCCCN(C[CH2-])C[CH2-])NC1=O.[U].[U].[U].[U]. The minimum absolute atomic E-state index is 0. The number of rotatable bonds is 14. The minimum Gasteiger partial charge on any atom is -0.363 e. The third kappa shape index (κ3) is 16.7. The predicted octanol–water partition coefficient (Wildman–Crippen LogP) is 1.25.